The maximum Gasteiger partial charge on any atom is 0.339 e. The van der Waals surface area contributed by atoms with Crippen LogP contribution in [0.25, 0.3) is 0 Å². The lowest BCUT2D eigenvalue weighted by Crippen LogP contribution is -2.38. The van der Waals surface area contributed by atoms with E-state index in [1.54, 1.807) is 18.2 Å². The molecule has 33 heavy (non-hydrogen) atoms. The van der Waals surface area contributed by atoms with Crippen molar-refractivity contribution in [1.29, 1.82) is 0 Å². The lowest BCUT2D eigenvalue weighted by atomic mass is 9.84. The van der Waals surface area contributed by atoms with E-state index in [1.165, 1.54) is 48.5 Å². The first kappa shape index (κ1) is 22.5. The number of cyclic esters (lactones) is 1. The van der Waals surface area contributed by atoms with Crippen LogP contribution in [-0.2, 0) is 14.3 Å². The number of carbonyl (C=O) groups excluding carboxylic acids is 4. The predicted molar refractivity (Wildman–Crippen MR) is 121 cm³/mol. The van der Waals surface area contributed by atoms with Gasteiger partial charge in [0, 0.05) is 22.9 Å². The van der Waals surface area contributed by atoms with Gasteiger partial charge >= 0.3 is 5.97 Å². The summed E-state index contributed by atoms with van der Waals surface area (Å²) >= 11 is 12.0. The highest BCUT2D eigenvalue weighted by Gasteiger charge is 2.46. The number of esters is 1. The maximum atomic E-state index is 13.4. The molecule has 2 atom stereocenters. The van der Waals surface area contributed by atoms with Crippen molar-refractivity contribution in [1.82, 2.24) is 0 Å². The molecule has 0 fully saturated rings. The third-order valence-corrected chi connectivity index (χ3v) is 5.86. The van der Waals surface area contributed by atoms with Gasteiger partial charge in [0.05, 0.1) is 15.6 Å². The number of nitrogens with one attached hydrogen (secondary N) is 1. The van der Waals surface area contributed by atoms with Crippen LogP contribution in [0.1, 0.15) is 32.4 Å². The lowest BCUT2D eigenvalue weighted by Gasteiger charge is -2.21. The number of aromatic hydroxyl groups is 1. The third kappa shape index (κ3) is 4.46. The van der Waals surface area contributed by atoms with Crippen molar-refractivity contribution in [3.05, 3.63) is 93.5 Å². The van der Waals surface area contributed by atoms with Crippen molar-refractivity contribution in [3.63, 3.8) is 0 Å². The van der Waals surface area contributed by atoms with E-state index in [9.17, 15) is 24.3 Å². The van der Waals surface area contributed by atoms with Crippen LogP contribution >= 0.6 is 23.2 Å². The molecular formula is C24H15Cl2NO6. The van der Waals surface area contributed by atoms with Crippen LogP contribution in [0, 0.1) is 5.92 Å². The summed E-state index contributed by atoms with van der Waals surface area (Å²) in [7, 11) is 0. The highest BCUT2D eigenvalue weighted by molar-refractivity contribution is 6.46. The molecule has 1 aliphatic heterocycles. The molecule has 3 aromatic rings. The maximum absolute atomic E-state index is 13.4. The number of amides is 1. The summed E-state index contributed by atoms with van der Waals surface area (Å²) in [5, 5.41) is 12.2. The van der Waals surface area contributed by atoms with E-state index < -0.39 is 35.5 Å². The SMILES string of the molecule is O=C(Nc1cccc(O)c1)C(=O)C(C(=O)c1ccc(Cl)c(Cl)c1)C1OC(=O)c2ccccc21. The zero-order chi connectivity index (χ0) is 23.7. The number of phenols is 1. The van der Waals surface area contributed by atoms with Crippen LogP contribution < -0.4 is 5.32 Å². The first-order valence-electron chi connectivity index (χ1n) is 9.69. The van der Waals surface area contributed by atoms with Crippen LogP contribution in [0.2, 0.25) is 10.0 Å². The molecule has 9 heteroatoms. The zero-order valence-corrected chi connectivity index (χ0v) is 18.3. The van der Waals surface area contributed by atoms with Crippen molar-refractivity contribution in [2.75, 3.05) is 5.32 Å². The molecular weight excluding hydrogens is 469 g/mol. The number of halogens is 2. The minimum absolute atomic E-state index is 0.0216. The van der Waals surface area contributed by atoms with Gasteiger partial charge in [-0.3, -0.25) is 14.4 Å². The second-order valence-corrected chi connectivity index (χ2v) is 8.07. The Bertz CT molecular complexity index is 1310. The minimum atomic E-state index is -1.67. The monoisotopic (exact) mass is 483 g/mol. The molecule has 0 radical (unpaired) electrons. The lowest BCUT2D eigenvalue weighted by molar-refractivity contribution is -0.138. The summed E-state index contributed by atoms with van der Waals surface area (Å²) in [6, 6.07) is 15.9. The molecule has 4 rings (SSSR count). The minimum Gasteiger partial charge on any atom is -0.508 e. The second-order valence-electron chi connectivity index (χ2n) is 7.25. The quantitative estimate of drug-likeness (QED) is 0.229. The summed E-state index contributed by atoms with van der Waals surface area (Å²) in [5.74, 6) is -5.50. The van der Waals surface area contributed by atoms with Gasteiger partial charge < -0.3 is 15.2 Å². The van der Waals surface area contributed by atoms with E-state index in [-0.39, 0.29) is 32.6 Å². The molecule has 166 valence electrons. The second kappa shape index (κ2) is 9.05. The van der Waals surface area contributed by atoms with Crippen LogP contribution in [0.4, 0.5) is 5.69 Å². The average Bonchev–Trinajstić information content (AvgIpc) is 3.12. The number of fused-ring (bicyclic) bond motifs is 1. The largest absolute Gasteiger partial charge is 0.508 e. The predicted octanol–water partition coefficient (Wildman–Crippen LogP) is 4.62. The topological polar surface area (TPSA) is 110 Å². The number of phenolic OH excluding ortho intramolecular Hbond substituents is 1. The number of benzene rings is 3. The molecule has 1 heterocycles. The number of anilines is 1. The molecule has 2 N–H and O–H groups in total. The van der Waals surface area contributed by atoms with Crippen LogP contribution in [0.3, 0.4) is 0 Å². The van der Waals surface area contributed by atoms with Gasteiger partial charge in [0.2, 0.25) is 5.78 Å². The smallest absolute Gasteiger partial charge is 0.339 e. The Balaban J connectivity index is 1.73. The number of rotatable bonds is 6. The Morgan fingerprint density at radius 3 is 2.42 bits per heavy atom. The fraction of sp³-hybridized carbons (Fsp3) is 0.0833. The van der Waals surface area contributed by atoms with E-state index in [2.05, 4.69) is 5.32 Å². The van der Waals surface area contributed by atoms with Gasteiger partial charge in [-0.25, -0.2) is 4.79 Å². The molecule has 1 aliphatic rings. The number of ether oxygens (including phenoxy) is 1. The van der Waals surface area contributed by atoms with Gasteiger partial charge in [0.1, 0.15) is 17.8 Å². The highest BCUT2D eigenvalue weighted by Crippen LogP contribution is 2.38. The summed E-state index contributed by atoms with van der Waals surface area (Å²) in [6.07, 6.45) is -1.31. The number of hydrogen-bond donors (Lipinski definition) is 2. The van der Waals surface area contributed by atoms with E-state index in [4.69, 9.17) is 27.9 Å². The van der Waals surface area contributed by atoms with Crippen LogP contribution in [0.5, 0.6) is 5.75 Å². The van der Waals surface area contributed by atoms with E-state index in [1.807, 2.05) is 0 Å². The van der Waals surface area contributed by atoms with Crippen molar-refractivity contribution >= 4 is 52.3 Å². The Hall–Kier alpha value is -3.68. The summed E-state index contributed by atoms with van der Waals surface area (Å²) in [4.78, 5) is 51.8. The first-order chi connectivity index (χ1) is 15.8. The molecule has 0 spiro atoms. The number of hydrogen-bond acceptors (Lipinski definition) is 6. The van der Waals surface area contributed by atoms with Gasteiger partial charge in [-0.2, -0.15) is 0 Å². The zero-order valence-electron chi connectivity index (χ0n) is 16.7. The molecule has 0 aliphatic carbocycles. The van der Waals surface area contributed by atoms with Gasteiger partial charge in [0.15, 0.2) is 5.78 Å². The van der Waals surface area contributed by atoms with Crippen molar-refractivity contribution in [2.24, 2.45) is 5.92 Å². The Labute approximate surface area is 197 Å². The fourth-order valence-corrected chi connectivity index (χ4v) is 3.86. The number of Topliss-reactive ketones (excluding diaryl/α,β-unsaturated/α-hetero) is 2. The Kier molecular flexibility index (Phi) is 6.18. The van der Waals surface area contributed by atoms with E-state index in [0.29, 0.717) is 5.56 Å². The summed E-state index contributed by atoms with van der Waals surface area (Å²) in [5.41, 5.74) is 0.696. The van der Waals surface area contributed by atoms with Gasteiger partial charge in [0.25, 0.3) is 5.91 Å². The van der Waals surface area contributed by atoms with Crippen molar-refractivity contribution < 1.29 is 29.0 Å². The number of ketones is 2. The first-order valence-corrected chi connectivity index (χ1v) is 10.4. The standard InChI is InChI=1S/C24H15Cl2NO6/c25-17-9-8-12(10-18(17)26)20(29)19(22-15-6-1-2-7-16(15)24(32)33-22)21(30)23(31)27-13-4-3-5-14(28)11-13/h1-11,19,22,28H,(H,27,31). The van der Waals surface area contributed by atoms with E-state index >= 15 is 0 Å². The fourth-order valence-electron chi connectivity index (χ4n) is 3.56. The van der Waals surface area contributed by atoms with Crippen LogP contribution in [-0.4, -0.2) is 28.5 Å². The highest BCUT2D eigenvalue weighted by atomic mass is 35.5. The Morgan fingerprint density at radius 1 is 0.939 bits per heavy atom. The van der Waals surface area contributed by atoms with E-state index in [0.717, 1.165) is 0 Å². The molecule has 0 saturated carbocycles. The summed E-state index contributed by atoms with van der Waals surface area (Å²) < 4.78 is 5.37. The third-order valence-electron chi connectivity index (χ3n) is 5.12. The molecule has 3 aromatic carbocycles. The van der Waals surface area contributed by atoms with Crippen molar-refractivity contribution in [2.45, 2.75) is 6.10 Å². The van der Waals surface area contributed by atoms with Gasteiger partial charge in [-0.05, 0) is 36.4 Å². The van der Waals surface area contributed by atoms with Gasteiger partial charge in [-0.15, -0.1) is 0 Å². The molecule has 1 amide bonds. The molecule has 0 saturated heterocycles. The normalized spacial score (nSPS) is 15.3. The van der Waals surface area contributed by atoms with Crippen molar-refractivity contribution in [3.8, 4) is 5.75 Å². The average molecular weight is 484 g/mol. The summed E-state index contributed by atoms with van der Waals surface area (Å²) in [6.45, 7) is 0. The molecule has 2 unspecified atom stereocenters. The molecule has 7 nitrogen and oxygen atoms in total. The Morgan fingerprint density at radius 2 is 1.70 bits per heavy atom. The molecule has 0 aromatic heterocycles. The molecule has 0 bridgehead atoms. The van der Waals surface area contributed by atoms with Gasteiger partial charge in [-0.1, -0.05) is 47.5 Å². The number of carbonyl (C=O) groups is 4. The van der Waals surface area contributed by atoms with Crippen LogP contribution in [0.15, 0.2) is 66.7 Å².